The number of benzene rings is 2. The lowest BCUT2D eigenvalue weighted by atomic mass is 9.89. The van der Waals surface area contributed by atoms with E-state index in [0.717, 1.165) is 72.2 Å². The molecule has 7 heteroatoms. The summed E-state index contributed by atoms with van der Waals surface area (Å²) in [5.41, 5.74) is 5.83. The van der Waals surface area contributed by atoms with Crippen molar-refractivity contribution in [3.8, 4) is 11.3 Å². The predicted molar refractivity (Wildman–Crippen MR) is 130 cm³/mol. The van der Waals surface area contributed by atoms with Crippen LogP contribution in [0.4, 0.5) is 5.69 Å². The van der Waals surface area contributed by atoms with Gasteiger partial charge in [-0.3, -0.25) is 9.10 Å². The minimum absolute atomic E-state index is 0.0131. The first-order valence-corrected chi connectivity index (χ1v) is 13.2. The van der Waals surface area contributed by atoms with Crippen molar-refractivity contribution in [1.82, 2.24) is 9.78 Å². The number of hydrogen-bond donors (Lipinski definition) is 0. The minimum Gasteiger partial charge on any atom is -0.267 e. The van der Waals surface area contributed by atoms with Crippen LogP contribution in [0.2, 0.25) is 0 Å². The first-order valence-electron chi connectivity index (χ1n) is 11.8. The van der Waals surface area contributed by atoms with E-state index >= 15 is 0 Å². The molecule has 0 atom stereocenters. The van der Waals surface area contributed by atoms with Crippen LogP contribution in [0.25, 0.3) is 11.3 Å². The Kier molecular flexibility index (Phi) is 5.60. The summed E-state index contributed by atoms with van der Waals surface area (Å²) >= 11 is 0. The van der Waals surface area contributed by atoms with Gasteiger partial charge >= 0.3 is 0 Å². The molecular formula is C26H29N3O3S. The van der Waals surface area contributed by atoms with Crippen LogP contribution in [0.1, 0.15) is 48.4 Å². The molecule has 0 saturated carbocycles. The Morgan fingerprint density at radius 1 is 0.970 bits per heavy atom. The van der Waals surface area contributed by atoms with E-state index in [1.807, 2.05) is 50.2 Å². The fourth-order valence-electron chi connectivity index (χ4n) is 5.12. The molecule has 2 aromatic carbocycles. The van der Waals surface area contributed by atoms with Gasteiger partial charge in [0, 0.05) is 24.2 Å². The summed E-state index contributed by atoms with van der Waals surface area (Å²) in [5, 5.41) is 4.67. The number of fused-ring (bicyclic) bond motifs is 2. The van der Waals surface area contributed by atoms with Crippen molar-refractivity contribution < 1.29 is 8.42 Å². The molecule has 0 amide bonds. The lowest BCUT2D eigenvalue weighted by Crippen LogP contribution is -2.35. The van der Waals surface area contributed by atoms with Crippen molar-refractivity contribution in [2.45, 2.75) is 63.8 Å². The van der Waals surface area contributed by atoms with Crippen molar-refractivity contribution >= 4 is 15.7 Å². The zero-order valence-corrected chi connectivity index (χ0v) is 20.0. The summed E-state index contributed by atoms with van der Waals surface area (Å²) in [6.07, 6.45) is 5.25. The van der Waals surface area contributed by atoms with Crippen molar-refractivity contribution in [2.24, 2.45) is 0 Å². The predicted octanol–water partition coefficient (Wildman–Crippen LogP) is 4.26. The Balaban J connectivity index is 1.66. The van der Waals surface area contributed by atoms with Crippen molar-refractivity contribution in [2.75, 3.05) is 10.8 Å². The molecule has 3 aromatic rings. The van der Waals surface area contributed by atoms with Gasteiger partial charge in [-0.25, -0.2) is 13.1 Å². The topological polar surface area (TPSA) is 72.3 Å². The normalized spacial score (nSPS) is 15.8. The molecule has 1 aromatic heterocycles. The zero-order chi connectivity index (χ0) is 23.2. The van der Waals surface area contributed by atoms with Gasteiger partial charge in [0.1, 0.15) is 0 Å². The molecule has 1 aliphatic carbocycles. The van der Waals surface area contributed by atoms with Crippen LogP contribution in [-0.4, -0.2) is 24.7 Å². The molecule has 6 nitrogen and oxygen atoms in total. The Hall–Kier alpha value is -2.93. The fraction of sp³-hybridized carbons (Fsp3) is 0.385. The van der Waals surface area contributed by atoms with Gasteiger partial charge in [-0.15, -0.1) is 0 Å². The average Bonchev–Trinajstić information content (AvgIpc) is 2.84. The average molecular weight is 464 g/mol. The highest BCUT2D eigenvalue weighted by Gasteiger charge is 2.31. The highest BCUT2D eigenvalue weighted by molar-refractivity contribution is 7.92. The molecular weight excluding hydrogens is 434 g/mol. The number of nitrogens with zero attached hydrogens (tertiary/aromatic N) is 3. The molecule has 2 heterocycles. The van der Waals surface area contributed by atoms with Crippen LogP contribution < -0.4 is 9.86 Å². The van der Waals surface area contributed by atoms with E-state index in [1.165, 1.54) is 4.68 Å². The summed E-state index contributed by atoms with van der Waals surface area (Å²) < 4.78 is 30.8. The molecule has 1 aliphatic heterocycles. The van der Waals surface area contributed by atoms with Crippen molar-refractivity contribution in [1.29, 1.82) is 0 Å². The first-order chi connectivity index (χ1) is 15.9. The van der Waals surface area contributed by atoms with Gasteiger partial charge in [0.15, 0.2) is 0 Å². The van der Waals surface area contributed by atoms with Crippen molar-refractivity contribution in [3.63, 3.8) is 0 Å². The standard InChI is InChI=1S/C26H29N3O3S/c1-3-28-26(30)22-12-6-5-11-21(22)25(27-28)20-15-14-18(2)24(17-20)33(31,32)29-16-8-10-19-9-4-7-13-23(19)29/h4,7,9,13-15,17H,3,5-6,8,10-12,16H2,1-2H3. The van der Waals surface area contributed by atoms with Crippen LogP contribution in [0.15, 0.2) is 52.2 Å². The molecule has 0 N–H and O–H groups in total. The number of hydrogen-bond acceptors (Lipinski definition) is 4. The largest absolute Gasteiger partial charge is 0.270 e. The quantitative estimate of drug-likeness (QED) is 0.580. The van der Waals surface area contributed by atoms with E-state index in [4.69, 9.17) is 0 Å². The van der Waals surface area contributed by atoms with E-state index in [9.17, 15) is 13.2 Å². The molecule has 0 spiro atoms. The Morgan fingerprint density at radius 3 is 2.52 bits per heavy atom. The molecule has 0 fully saturated rings. The number of aryl methyl sites for hydroxylation is 3. The summed E-state index contributed by atoms with van der Waals surface area (Å²) in [7, 11) is -3.74. The maximum absolute atomic E-state index is 13.9. The minimum atomic E-state index is -3.74. The lowest BCUT2D eigenvalue weighted by molar-refractivity contribution is 0.581. The van der Waals surface area contributed by atoms with Crippen LogP contribution >= 0.6 is 0 Å². The smallest absolute Gasteiger partial charge is 0.267 e. The van der Waals surface area contributed by atoms with Gasteiger partial charge in [0.25, 0.3) is 15.6 Å². The summed E-state index contributed by atoms with van der Waals surface area (Å²) in [4.78, 5) is 13.1. The number of rotatable bonds is 4. The monoisotopic (exact) mass is 463 g/mol. The number of aromatic nitrogens is 2. The lowest BCUT2D eigenvalue weighted by Gasteiger charge is -2.31. The number of anilines is 1. The molecule has 0 radical (unpaired) electrons. The fourth-order valence-corrected chi connectivity index (χ4v) is 6.92. The Bertz CT molecular complexity index is 1390. The molecule has 2 aliphatic rings. The third kappa shape index (κ3) is 3.68. The van der Waals surface area contributed by atoms with Crippen LogP contribution in [0.3, 0.4) is 0 Å². The number of para-hydroxylation sites is 1. The van der Waals surface area contributed by atoms with Gasteiger partial charge in [0.05, 0.1) is 16.3 Å². The van der Waals surface area contributed by atoms with Gasteiger partial charge in [-0.2, -0.15) is 5.10 Å². The summed E-state index contributed by atoms with van der Waals surface area (Å²) in [6.45, 7) is 4.70. The Labute approximate surface area is 194 Å². The van der Waals surface area contributed by atoms with Crippen LogP contribution in [-0.2, 0) is 35.8 Å². The first kappa shape index (κ1) is 21.9. The van der Waals surface area contributed by atoms with E-state index in [0.29, 0.717) is 23.5 Å². The van der Waals surface area contributed by atoms with Gasteiger partial charge in [0.2, 0.25) is 0 Å². The van der Waals surface area contributed by atoms with E-state index in [-0.39, 0.29) is 5.56 Å². The van der Waals surface area contributed by atoms with Crippen molar-refractivity contribution in [3.05, 3.63) is 75.1 Å². The van der Waals surface area contributed by atoms with Gasteiger partial charge in [-0.1, -0.05) is 30.3 Å². The third-order valence-corrected chi connectivity index (χ3v) is 8.82. The van der Waals surface area contributed by atoms with E-state index in [1.54, 1.807) is 10.4 Å². The molecule has 0 bridgehead atoms. The maximum Gasteiger partial charge on any atom is 0.270 e. The zero-order valence-electron chi connectivity index (χ0n) is 19.2. The molecule has 172 valence electrons. The van der Waals surface area contributed by atoms with E-state index in [2.05, 4.69) is 5.10 Å². The highest BCUT2D eigenvalue weighted by Crippen LogP contribution is 2.35. The Morgan fingerprint density at radius 2 is 1.73 bits per heavy atom. The second-order valence-corrected chi connectivity index (χ2v) is 10.8. The molecule has 33 heavy (non-hydrogen) atoms. The molecule has 0 saturated heterocycles. The van der Waals surface area contributed by atoms with Gasteiger partial charge in [-0.05, 0) is 81.2 Å². The summed E-state index contributed by atoms with van der Waals surface area (Å²) in [5.74, 6) is 0. The van der Waals surface area contributed by atoms with E-state index < -0.39 is 10.0 Å². The highest BCUT2D eigenvalue weighted by atomic mass is 32.2. The second-order valence-electron chi connectivity index (χ2n) is 8.92. The maximum atomic E-state index is 13.9. The summed E-state index contributed by atoms with van der Waals surface area (Å²) in [6, 6.07) is 13.3. The van der Waals surface area contributed by atoms with Crippen LogP contribution in [0, 0.1) is 6.92 Å². The molecule has 5 rings (SSSR count). The third-order valence-electron chi connectivity index (χ3n) is 6.86. The SMILES string of the molecule is CCn1nc(-c2ccc(C)c(S(=O)(=O)N3CCCc4ccccc43)c2)c2c(c1=O)CCCC2. The second kappa shape index (κ2) is 8.45. The van der Waals surface area contributed by atoms with Crippen LogP contribution in [0.5, 0.6) is 0 Å². The van der Waals surface area contributed by atoms with Gasteiger partial charge < -0.3 is 0 Å². The molecule has 0 unspecified atom stereocenters. The number of sulfonamides is 1.